The lowest BCUT2D eigenvalue weighted by Gasteiger charge is -2.10. The fourth-order valence-corrected chi connectivity index (χ4v) is 3.24. The van der Waals surface area contributed by atoms with Crippen LogP contribution in [0.3, 0.4) is 0 Å². The molecule has 0 N–H and O–H groups in total. The molecule has 0 spiro atoms. The summed E-state index contributed by atoms with van der Waals surface area (Å²) in [4.78, 5) is 15.7. The maximum Gasteiger partial charge on any atom is 0.306 e. The zero-order valence-electron chi connectivity index (χ0n) is 10.2. The third-order valence-electron chi connectivity index (χ3n) is 1.88. The van der Waals surface area contributed by atoms with Gasteiger partial charge < -0.3 is 4.74 Å². The van der Waals surface area contributed by atoms with Crippen molar-refractivity contribution < 1.29 is 9.53 Å². The van der Waals surface area contributed by atoms with Gasteiger partial charge in [-0.25, -0.2) is 4.98 Å². The summed E-state index contributed by atoms with van der Waals surface area (Å²) in [5.41, 5.74) is 0. The second kappa shape index (κ2) is 7.79. The number of hydrogen-bond acceptors (Lipinski definition) is 4. The summed E-state index contributed by atoms with van der Waals surface area (Å²) in [7, 11) is 0. The van der Waals surface area contributed by atoms with Gasteiger partial charge in [0, 0.05) is 5.75 Å². The van der Waals surface area contributed by atoms with E-state index in [0.29, 0.717) is 10.6 Å². The molecule has 3 nitrogen and oxygen atoms in total. The van der Waals surface area contributed by atoms with Crippen LogP contribution in [0.4, 0.5) is 0 Å². The van der Waals surface area contributed by atoms with Crippen molar-refractivity contribution >= 4 is 64.1 Å². The van der Waals surface area contributed by atoms with E-state index in [9.17, 15) is 4.79 Å². The minimum absolute atomic E-state index is 0.0864. The number of pyridine rings is 1. The van der Waals surface area contributed by atoms with Gasteiger partial charge in [0.1, 0.15) is 0 Å². The lowest BCUT2D eigenvalue weighted by molar-refractivity contribution is -0.146. The van der Waals surface area contributed by atoms with Gasteiger partial charge in [-0.2, -0.15) is 0 Å². The first-order valence-corrected chi connectivity index (χ1v) is 7.85. The highest BCUT2D eigenvalue weighted by atomic mass is 35.5. The summed E-state index contributed by atoms with van der Waals surface area (Å²) in [5.74, 6) is 0.183. The lowest BCUT2D eigenvalue weighted by Crippen LogP contribution is -2.11. The van der Waals surface area contributed by atoms with Gasteiger partial charge in [-0.15, -0.1) is 11.8 Å². The Labute approximate surface area is 135 Å². The topological polar surface area (TPSA) is 39.2 Å². The molecule has 0 bridgehead atoms. The first-order chi connectivity index (χ1) is 8.82. The molecule has 0 aromatic carbocycles. The van der Waals surface area contributed by atoms with Crippen LogP contribution in [0, 0.1) is 0 Å². The van der Waals surface area contributed by atoms with Gasteiger partial charge in [0.25, 0.3) is 0 Å². The van der Waals surface area contributed by atoms with Gasteiger partial charge in [-0.05, 0) is 13.8 Å². The molecule has 1 rings (SSSR count). The number of ether oxygens (including phenoxy) is 1. The second-order valence-corrected chi connectivity index (χ2v) is 6.36. The van der Waals surface area contributed by atoms with E-state index in [2.05, 4.69) is 4.98 Å². The maximum atomic E-state index is 11.4. The third kappa shape index (κ3) is 5.20. The van der Waals surface area contributed by atoms with E-state index in [1.165, 1.54) is 11.8 Å². The number of nitrogens with zero attached hydrogens (tertiary/aromatic N) is 1. The monoisotopic (exact) mass is 361 g/mol. The summed E-state index contributed by atoms with van der Waals surface area (Å²) in [5, 5.41) is 0.642. The Balaban J connectivity index is 2.66. The van der Waals surface area contributed by atoms with Crippen LogP contribution >= 0.6 is 58.2 Å². The summed E-state index contributed by atoms with van der Waals surface area (Å²) < 4.78 is 5.01. The molecule has 0 aliphatic rings. The molecule has 0 radical (unpaired) electrons. The molecule has 0 saturated carbocycles. The average molecular weight is 363 g/mol. The Kier molecular flexibility index (Phi) is 7.05. The summed E-state index contributed by atoms with van der Waals surface area (Å²) >= 11 is 24.9. The molecule has 0 aliphatic carbocycles. The van der Waals surface area contributed by atoms with Crippen molar-refractivity contribution in [2.24, 2.45) is 0 Å². The molecule has 0 unspecified atom stereocenters. The number of esters is 1. The summed E-state index contributed by atoms with van der Waals surface area (Å²) in [6.07, 6.45) is 0.113. The number of halogens is 4. The standard InChI is InChI=1S/C11H11Cl4NO2S/c1-5(2)18-6(17)3-4-19-9-7(12)10(14)16-11(15)8(9)13/h5H,3-4H2,1-2H3. The molecule has 1 aromatic rings. The first-order valence-electron chi connectivity index (χ1n) is 5.35. The molecule has 0 amide bonds. The highest BCUT2D eigenvalue weighted by Gasteiger charge is 2.16. The fraction of sp³-hybridized carbons (Fsp3) is 0.455. The lowest BCUT2D eigenvalue weighted by atomic mass is 10.4. The van der Waals surface area contributed by atoms with E-state index in [1.807, 2.05) is 0 Å². The first kappa shape index (κ1) is 17.2. The maximum absolute atomic E-state index is 11.4. The highest BCUT2D eigenvalue weighted by molar-refractivity contribution is 7.99. The molecule has 106 valence electrons. The van der Waals surface area contributed by atoms with Crippen molar-refractivity contribution in [1.82, 2.24) is 4.98 Å². The Hall–Kier alpha value is 0.130. The molecular formula is C11H11Cl4NO2S. The van der Waals surface area contributed by atoms with Crippen molar-refractivity contribution in [2.75, 3.05) is 5.75 Å². The van der Waals surface area contributed by atoms with Crippen LogP contribution < -0.4 is 0 Å². The molecular weight excluding hydrogens is 352 g/mol. The average Bonchev–Trinajstić information content (AvgIpc) is 2.30. The number of carbonyl (C=O) groups is 1. The van der Waals surface area contributed by atoms with Crippen LogP contribution in [0.5, 0.6) is 0 Å². The number of aromatic nitrogens is 1. The van der Waals surface area contributed by atoms with E-state index in [0.717, 1.165) is 0 Å². The molecule has 1 heterocycles. The van der Waals surface area contributed by atoms with Crippen molar-refractivity contribution in [1.29, 1.82) is 0 Å². The van der Waals surface area contributed by atoms with Gasteiger partial charge in [-0.3, -0.25) is 4.79 Å². The normalized spacial score (nSPS) is 10.9. The van der Waals surface area contributed by atoms with Crippen molar-refractivity contribution in [3.63, 3.8) is 0 Å². The van der Waals surface area contributed by atoms with E-state index < -0.39 is 0 Å². The third-order valence-corrected chi connectivity index (χ3v) is 4.68. The van der Waals surface area contributed by atoms with Crippen LogP contribution in [-0.2, 0) is 9.53 Å². The van der Waals surface area contributed by atoms with Crippen LogP contribution in [0.1, 0.15) is 20.3 Å². The van der Waals surface area contributed by atoms with Gasteiger partial charge in [0.2, 0.25) is 0 Å². The molecule has 0 atom stereocenters. The van der Waals surface area contributed by atoms with E-state index in [1.54, 1.807) is 13.8 Å². The Morgan fingerprint density at radius 2 is 1.74 bits per heavy atom. The van der Waals surface area contributed by atoms with Crippen molar-refractivity contribution in [3.8, 4) is 0 Å². The van der Waals surface area contributed by atoms with Crippen LogP contribution in [0.15, 0.2) is 4.90 Å². The smallest absolute Gasteiger partial charge is 0.306 e. The zero-order valence-corrected chi connectivity index (χ0v) is 14.0. The number of hydrogen-bond donors (Lipinski definition) is 0. The molecule has 0 fully saturated rings. The quantitative estimate of drug-likeness (QED) is 0.413. The summed E-state index contributed by atoms with van der Waals surface area (Å²) in [6, 6.07) is 0. The van der Waals surface area contributed by atoms with Crippen molar-refractivity contribution in [2.45, 2.75) is 31.3 Å². The fourth-order valence-electron chi connectivity index (χ4n) is 1.15. The Bertz CT molecular complexity index is 456. The predicted molar refractivity (Wildman–Crippen MR) is 80.8 cm³/mol. The van der Waals surface area contributed by atoms with Gasteiger partial charge in [0.05, 0.1) is 27.5 Å². The second-order valence-electron chi connectivity index (χ2n) is 3.79. The molecule has 8 heteroatoms. The zero-order chi connectivity index (χ0) is 14.6. The van der Waals surface area contributed by atoms with Crippen LogP contribution in [0.2, 0.25) is 20.4 Å². The molecule has 0 saturated heterocycles. The minimum atomic E-state index is -0.277. The minimum Gasteiger partial charge on any atom is -0.463 e. The van der Waals surface area contributed by atoms with E-state index in [4.69, 9.17) is 51.1 Å². The SMILES string of the molecule is CC(C)OC(=O)CCSc1c(Cl)c(Cl)nc(Cl)c1Cl. The van der Waals surface area contributed by atoms with Crippen LogP contribution in [0.25, 0.3) is 0 Å². The van der Waals surface area contributed by atoms with E-state index >= 15 is 0 Å². The molecule has 1 aromatic heterocycles. The van der Waals surface area contributed by atoms with Crippen molar-refractivity contribution in [3.05, 3.63) is 20.4 Å². The molecule has 19 heavy (non-hydrogen) atoms. The van der Waals surface area contributed by atoms with Crippen LogP contribution in [-0.4, -0.2) is 22.8 Å². The van der Waals surface area contributed by atoms with E-state index in [-0.39, 0.29) is 38.8 Å². The summed E-state index contributed by atoms with van der Waals surface area (Å²) in [6.45, 7) is 3.59. The molecule has 0 aliphatic heterocycles. The van der Waals surface area contributed by atoms with Gasteiger partial charge in [0.15, 0.2) is 10.3 Å². The Morgan fingerprint density at radius 1 is 1.21 bits per heavy atom. The predicted octanol–water partition coefficient (Wildman–Crippen LogP) is 5.13. The van der Waals surface area contributed by atoms with Gasteiger partial charge >= 0.3 is 5.97 Å². The Morgan fingerprint density at radius 3 is 2.21 bits per heavy atom. The van der Waals surface area contributed by atoms with Gasteiger partial charge in [-0.1, -0.05) is 46.4 Å². The number of carbonyl (C=O) groups excluding carboxylic acids is 1. The number of rotatable bonds is 5. The number of thioether (sulfide) groups is 1. The largest absolute Gasteiger partial charge is 0.463 e. The highest BCUT2D eigenvalue weighted by Crippen LogP contribution is 2.41.